The Kier molecular flexibility index (Phi) is 9.10. The van der Waals surface area contributed by atoms with Crippen molar-refractivity contribution in [3.8, 4) is 0 Å². The topological polar surface area (TPSA) is 80.4 Å². The van der Waals surface area contributed by atoms with Crippen LogP contribution >= 0.6 is 12.6 Å². The van der Waals surface area contributed by atoms with Crippen LogP contribution < -0.4 is 5.73 Å². The molecule has 0 aromatic heterocycles. The zero-order valence-corrected chi connectivity index (χ0v) is 12.0. The zero-order valence-electron chi connectivity index (χ0n) is 11.2. The van der Waals surface area contributed by atoms with E-state index in [1.54, 1.807) is 0 Å². The Morgan fingerprint density at radius 3 is 2.06 bits per heavy atom. The van der Waals surface area contributed by atoms with E-state index < -0.39 is 17.3 Å². The minimum Gasteiger partial charge on any atom is -0.480 e. The summed E-state index contributed by atoms with van der Waals surface area (Å²) in [5.41, 5.74) is 3.72. The van der Waals surface area contributed by atoms with E-state index >= 15 is 0 Å². The first-order valence-corrected chi connectivity index (χ1v) is 7.28. The lowest BCUT2D eigenvalue weighted by atomic mass is 9.93. The fourth-order valence-electron chi connectivity index (χ4n) is 1.74. The number of Topliss-reactive ketones (excluding diaryl/α,β-unsaturated/α-hetero) is 1. The number of hydrogen-bond donors (Lipinski definition) is 3. The lowest BCUT2D eigenvalue weighted by Crippen LogP contribution is -2.56. The highest BCUT2D eigenvalue weighted by molar-refractivity contribution is 7.80. The van der Waals surface area contributed by atoms with Gasteiger partial charge in [0.1, 0.15) is 0 Å². The maximum absolute atomic E-state index is 11.7. The Morgan fingerprint density at radius 1 is 1.11 bits per heavy atom. The average Bonchev–Trinajstić information content (AvgIpc) is 2.36. The van der Waals surface area contributed by atoms with Gasteiger partial charge in [-0.05, 0) is 6.42 Å². The third kappa shape index (κ3) is 5.87. The van der Waals surface area contributed by atoms with E-state index in [4.69, 9.17) is 10.8 Å². The molecule has 0 spiro atoms. The number of carboxylic acid groups (broad SMARTS) is 1. The van der Waals surface area contributed by atoms with Crippen molar-refractivity contribution in [1.29, 1.82) is 0 Å². The summed E-state index contributed by atoms with van der Waals surface area (Å²) in [5.74, 6) is -1.86. The van der Waals surface area contributed by atoms with E-state index in [2.05, 4.69) is 19.6 Å². The van der Waals surface area contributed by atoms with Gasteiger partial charge < -0.3 is 10.8 Å². The van der Waals surface area contributed by atoms with Crippen LogP contribution in [0.2, 0.25) is 0 Å². The van der Waals surface area contributed by atoms with Crippen molar-refractivity contribution in [2.75, 3.05) is 5.75 Å². The second-order valence-electron chi connectivity index (χ2n) is 4.73. The summed E-state index contributed by atoms with van der Waals surface area (Å²) in [6.07, 6.45) is 7.88. The normalized spacial score (nSPS) is 14.2. The number of hydrogen-bond acceptors (Lipinski definition) is 4. The van der Waals surface area contributed by atoms with Crippen LogP contribution in [0.1, 0.15) is 58.3 Å². The molecule has 0 rings (SSSR count). The van der Waals surface area contributed by atoms with Gasteiger partial charge in [0.25, 0.3) is 0 Å². The number of thiol groups is 1. The van der Waals surface area contributed by atoms with Crippen LogP contribution in [0, 0.1) is 0 Å². The number of nitrogens with two attached hydrogens (primary N) is 1. The Bertz CT molecular complexity index is 271. The van der Waals surface area contributed by atoms with Crippen LogP contribution in [-0.4, -0.2) is 28.2 Å². The molecule has 18 heavy (non-hydrogen) atoms. The molecule has 0 radical (unpaired) electrons. The summed E-state index contributed by atoms with van der Waals surface area (Å²) < 4.78 is 0. The molecule has 4 nitrogen and oxygen atoms in total. The average molecular weight is 275 g/mol. The molecular formula is C13H25NO3S. The Balaban J connectivity index is 3.79. The summed E-state index contributed by atoms with van der Waals surface area (Å²) in [6, 6.07) is 0. The van der Waals surface area contributed by atoms with Gasteiger partial charge >= 0.3 is 5.97 Å². The van der Waals surface area contributed by atoms with Gasteiger partial charge in [0.2, 0.25) is 0 Å². The molecule has 3 N–H and O–H groups in total. The van der Waals surface area contributed by atoms with Crippen molar-refractivity contribution >= 4 is 24.4 Å². The standard InChI is InChI=1S/C13H25NO3S/c1-2-3-4-5-6-7-8-9-11(15)13(14,10-18)12(16)17/h18H,2-10,14H2,1H3,(H,16,17). The quantitative estimate of drug-likeness (QED) is 0.307. The fourth-order valence-corrected chi connectivity index (χ4v) is 2.05. The summed E-state index contributed by atoms with van der Waals surface area (Å²) in [6.45, 7) is 2.17. The van der Waals surface area contributed by atoms with E-state index in [1.165, 1.54) is 25.7 Å². The van der Waals surface area contributed by atoms with Crippen molar-refractivity contribution in [3.63, 3.8) is 0 Å². The van der Waals surface area contributed by atoms with E-state index in [0.29, 0.717) is 6.42 Å². The van der Waals surface area contributed by atoms with E-state index in [-0.39, 0.29) is 12.2 Å². The predicted molar refractivity (Wildman–Crippen MR) is 76.0 cm³/mol. The monoisotopic (exact) mass is 275 g/mol. The maximum atomic E-state index is 11.7. The first kappa shape index (κ1) is 17.4. The molecule has 0 bridgehead atoms. The maximum Gasteiger partial charge on any atom is 0.332 e. The predicted octanol–water partition coefficient (Wildman–Crippen LogP) is 2.41. The largest absolute Gasteiger partial charge is 0.480 e. The number of unbranched alkanes of at least 4 members (excludes halogenated alkanes) is 6. The molecule has 0 aliphatic carbocycles. The Labute approximate surface area is 115 Å². The van der Waals surface area contributed by atoms with E-state index in [0.717, 1.165) is 12.8 Å². The second-order valence-corrected chi connectivity index (χ2v) is 5.05. The summed E-state index contributed by atoms with van der Waals surface area (Å²) in [4.78, 5) is 22.6. The number of rotatable bonds is 11. The highest BCUT2D eigenvalue weighted by Gasteiger charge is 2.39. The third-order valence-electron chi connectivity index (χ3n) is 3.14. The van der Waals surface area contributed by atoms with Crippen molar-refractivity contribution in [1.82, 2.24) is 0 Å². The molecule has 0 saturated carbocycles. The molecule has 0 saturated heterocycles. The zero-order chi connectivity index (χ0) is 14.0. The fraction of sp³-hybridized carbons (Fsp3) is 0.846. The van der Waals surface area contributed by atoms with Crippen LogP contribution in [0.25, 0.3) is 0 Å². The minimum atomic E-state index is -1.81. The van der Waals surface area contributed by atoms with Gasteiger partial charge in [-0.15, -0.1) is 0 Å². The van der Waals surface area contributed by atoms with Gasteiger partial charge in [-0.1, -0.05) is 45.4 Å². The second kappa shape index (κ2) is 9.39. The van der Waals surface area contributed by atoms with Gasteiger partial charge in [0.15, 0.2) is 11.3 Å². The molecule has 1 atom stereocenters. The number of carboxylic acids is 1. The summed E-state index contributed by atoms with van der Waals surface area (Å²) >= 11 is 3.86. The number of aliphatic carboxylic acids is 1. The molecule has 1 unspecified atom stereocenters. The Morgan fingerprint density at radius 2 is 1.61 bits per heavy atom. The molecule has 0 aromatic carbocycles. The minimum absolute atomic E-state index is 0.155. The van der Waals surface area contributed by atoms with Crippen molar-refractivity contribution in [2.45, 2.75) is 63.8 Å². The smallest absolute Gasteiger partial charge is 0.332 e. The number of carbonyl (C=O) groups excluding carboxylic acids is 1. The highest BCUT2D eigenvalue weighted by atomic mass is 32.1. The van der Waals surface area contributed by atoms with Crippen LogP contribution in [0.15, 0.2) is 0 Å². The molecule has 106 valence electrons. The summed E-state index contributed by atoms with van der Waals surface area (Å²) in [7, 11) is 0. The Hall–Kier alpha value is -0.550. The molecule has 0 fully saturated rings. The molecule has 5 heteroatoms. The van der Waals surface area contributed by atoms with Crippen molar-refractivity contribution in [2.24, 2.45) is 5.73 Å². The van der Waals surface area contributed by atoms with Gasteiger partial charge in [0, 0.05) is 12.2 Å². The van der Waals surface area contributed by atoms with Gasteiger partial charge in [-0.2, -0.15) is 12.6 Å². The molecule has 0 amide bonds. The van der Waals surface area contributed by atoms with Gasteiger partial charge in [-0.3, -0.25) is 4.79 Å². The van der Waals surface area contributed by atoms with Crippen LogP contribution in [0.3, 0.4) is 0 Å². The lowest BCUT2D eigenvalue weighted by molar-refractivity contribution is -0.147. The first-order chi connectivity index (χ1) is 8.49. The van der Waals surface area contributed by atoms with Crippen LogP contribution in [0.4, 0.5) is 0 Å². The van der Waals surface area contributed by atoms with E-state index in [9.17, 15) is 9.59 Å². The molecule has 0 heterocycles. The van der Waals surface area contributed by atoms with Crippen molar-refractivity contribution < 1.29 is 14.7 Å². The van der Waals surface area contributed by atoms with Crippen LogP contribution in [0.5, 0.6) is 0 Å². The SMILES string of the molecule is CCCCCCCCCC(=O)C(N)(CS)C(=O)O. The number of ketones is 1. The first-order valence-electron chi connectivity index (χ1n) is 6.65. The van der Waals surface area contributed by atoms with Gasteiger partial charge in [0.05, 0.1) is 0 Å². The van der Waals surface area contributed by atoms with Gasteiger partial charge in [-0.25, -0.2) is 4.79 Å². The lowest BCUT2D eigenvalue weighted by Gasteiger charge is -2.20. The molecule has 0 aliphatic heterocycles. The summed E-state index contributed by atoms with van der Waals surface area (Å²) in [5, 5.41) is 8.91. The van der Waals surface area contributed by atoms with Crippen LogP contribution in [-0.2, 0) is 9.59 Å². The molecule has 0 aromatic rings. The number of carbonyl (C=O) groups is 2. The molecule has 0 aliphatic rings. The molecular weight excluding hydrogens is 250 g/mol. The highest BCUT2D eigenvalue weighted by Crippen LogP contribution is 2.13. The van der Waals surface area contributed by atoms with Crippen molar-refractivity contribution in [3.05, 3.63) is 0 Å². The van der Waals surface area contributed by atoms with E-state index in [1.807, 2.05) is 0 Å². The third-order valence-corrected chi connectivity index (χ3v) is 3.63.